The Balaban J connectivity index is 3.23. The molecule has 20 heavy (non-hydrogen) atoms. The van der Waals surface area contributed by atoms with Gasteiger partial charge < -0.3 is 10.1 Å². The summed E-state index contributed by atoms with van der Waals surface area (Å²) in [7, 11) is 0. The zero-order chi connectivity index (χ0) is 15.3. The van der Waals surface area contributed by atoms with Gasteiger partial charge in [0.25, 0.3) is 0 Å². The lowest BCUT2D eigenvalue weighted by Crippen LogP contribution is -2.43. The summed E-state index contributed by atoms with van der Waals surface area (Å²) in [5.41, 5.74) is 1.22. The van der Waals surface area contributed by atoms with Crippen molar-refractivity contribution in [2.75, 3.05) is 13.2 Å². The summed E-state index contributed by atoms with van der Waals surface area (Å²) in [6, 6.07) is 0.122. The largest absolute Gasteiger partial charge is 0.376 e. The highest BCUT2D eigenvalue weighted by Crippen LogP contribution is 2.35. The predicted octanol–water partition coefficient (Wildman–Crippen LogP) is 3.77. The number of rotatable bonds is 7. The Hall–Kier alpha value is -0.390. The van der Waals surface area contributed by atoms with Gasteiger partial charge in [-0.05, 0) is 41.7 Å². The molecule has 1 aromatic heterocycles. The highest BCUT2D eigenvalue weighted by molar-refractivity contribution is 9.10. The molecule has 2 unspecified atom stereocenters. The Morgan fingerprint density at radius 1 is 1.35 bits per heavy atom. The number of aromatic nitrogens is 2. The summed E-state index contributed by atoms with van der Waals surface area (Å²) in [4.78, 5) is 0. The van der Waals surface area contributed by atoms with E-state index in [1.165, 1.54) is 5.69 Å². The highest BCUT2D eigenvalue weighted by atomic mass is 79.9. The molecule has 0 aliphatic rings. The van der Waals surface area contributed by atoms with Crippen molar-refractivity contribution in [2.24, 2.45) is 5.41 Å². The van der Waals surface area contributed by atoms with Crippen molar-refractivity contribution >= 4 is 15.9 Å². The molecule has 0 bridgehead atoms. The maximum atomic E-state index is 6.07. The molecular weight excluding hydrogens is 318 g/mol. The van der Waals surface area contributed by atoms with Gasteiger partial charge in [-0.15, -0.1) is 0 Å². The first-order chi connectivity index (χ1) is 9.36. The SMILES string of the molecule is CCNC(c1c(Br)cnn1CC)C(OCC)C(C)(C)C. The molecule has 0 saturated carbocycles. The third kappa shape index (κ3) is 4.06. The molecule has 2 atom stereocenters. The Kier molecular flexibility index (Phi) is 6.69. The first kappa shape index (κ1) is 17.7. The summed E-state index contributed by atoms with van der Waals surface area (Å²) >= 11 is 3.64. The summed E-state index contributed by atoms with van der Waals surface area (Å²) in [5, 5.41) is 8.01. The Labute approximate surface area is 131 Å². The molecule has 1 aromatic rings. The maximum absolute atomic E-state index is 6.07. The van der Waals surface area contributed by atoms with E-state index in [-0.39, 0.29) is 17.6 Å². The van der Waals surface area contributed by atoms with Crippen LogP contribution in [0.15, 0.2) is 10.7 Å². The van der Waals surface area contributed by atoms with E-state index in [0.717, 1.165) is 17.6 Å². The van der Waals surface area contributed by atoms with Gasteiger partial charge in [0, 0.05) is 13.2 Å². The van der Waals surface area contributed by atoms with Crippen LogP contribution >= 0.6 is 15.9 Å². The smallest absolute Gasteiger partial charge is 0.0833 e. The second kappa shape index (κ2) is 7.57. The molecule has 0 fully saturated rings. The number of nitrogens with one attached hydrogen (secondary N) is 1. The van der Waals surface area contributed by atoms with Gasteiger partial charge in [-0.3, -0.25) is 4.68 Å². The van der Waals surface area contributed by atoms with Crippen molar-refractivity contribution in [3.8, 4) is 0 Å². The van der Waals surface area contributed by atoms with Crippen molar-refractivity contribution in [1.29, 1.82) is 0 Å². The van der Waals surface area contributed by atoms with Crippen LogP contribution < -0.4 is 5.32 Å². The quantitative estimate of drug-likeness (QED) is 0.817. The predicted molar refractivity (Wildman–Crippen MR) is 86.9 cm³/mol. The minimum absolute atomic E-state index is 0.0468. The second-order valence-electron chi connectivity index (χ2n) is 5.97. The zero-order valence-corrected chi connectivity index (χ0v) is 15.1. The molecule has 0 amide bonds. The number of likely N-dealkylation sites (N-methyl/N-ethyl adjacent to an activating group) is 1. The lowest BCUT2D eigenvalue weighted by Gasteiger charge is -2.37. The van der Waals surface area contributed by atoms with Crippen LogP contribution in [-0.4, -0.2) is 29.0 Å². The average molecular weight is 346 g/mol. The molecular formula is C15H28BrN3O. The van der Waals surface area contributed by atoms with Gasteiger partial charge in [0.1, 0.15) is 0 Å². The van der Waals surface area contributed by atoms with Crippen molar-refractivity contribution in [3.05, 3.63) is 16.4 Å². The number of halogens is 1. The molecule has 5 heteroatoms. The average Bonchev–Trinajstić information content (AvgIpc) is 2.73. The number of hydrogen-bond acceptors (Lipinski definition) is 3. The summed E-state index contributed by atoms with van der Waals surface area (Å²) in [5.74, 6) is 0. The standard InChI is InChI=1S/C15H28BrN3O/c1-7-17-12(14(20-9-3)15(4,5)6)13-11(16)10-18-19(13)8-2/h10,12,14,17H,7-9H2,1-6H3. The molecule has 0 aromatic carbocycles. The molecule has 0 aliphatic heterocycles. The third-order valence-electron chi connectivity index (χ3n) is 3.35. The molecule has 116 valence electrons. The van der Waals surface area contributed by atoms with Crippen LogP contribution in [0.5, 0.6) is 0 Å². The minimum atomic E-state index is 0.0468. The Bertz CT molecular complexity index is 412. The second-order valence-corrected chi connectivity index (χ2v) is 6.83. The first-order valence-electron chi connectivity index (χ1n) is 7.42. The minimum Gasteiger partial charge on any atom is -0.376 e. The van der Waals surface area contributed by atoms with E-state index in [1.54, 1.807) is 0 Å². The summed E-state index contributed by atoms with van der Waals surface area (Å²) < 4.78 is 9.15. The molecule has 0 saturated heterocycles. The highest BCUT2D eigenvalue weighted by Gasteiger charge is 2.36. The normalized spacial score (nSPS) is 15.3. The van der Waals surface area contributed by atoms with Gasteiger partial charge in [-0.2, -0.15) is 5.10 Å². The molecule has 1 heterocycles. The van der Waals surface area contributed by atoms with Gasteiger partial charge in [-0.1, -0.05) is 27.7 Å². The monoisotopic (exact) mass is 345 g/mol. The fourth-order valence-corrected chi connectivity index (χ4v) is 3.07. The van der Waals surface area contributed by atoms with Crippen LogP contribution in [0.25, 0.3) is 0 Å². The fraction of sp³-hybridized carbons (Fsp3) is 0.800. The van der Waals surface area contributed by atoms with Gasteiger partial charge in [0.2, 0.25) is 0 Å². The molecule has 1 rings (SSSR count). The van der Waals surface area contributed by atoms with E-state index in [2.05, 4.69) is 61.0 Å². The van der Waals surface area contributed by atoms with Crippen molar-refractivity contribution in [3.63, 3.8) is 0 Å². The van der Waals surface area contributed by atoms with Crippen LogP contribution in [0, 0.1) is 5.41 Å². The van der Waals surface area contributed by atoms with Crippen LogP contribution in [0.1, 0.15) is 53.3 Å². The van der Waals surface area contributed by atoms with Gasteiger partial charge in [0.05, 0.1) is 28.5 Å². The van der Waals surface area contributed by atoms with E-state index in [1.807, 2.05) is 17.8 Å². The fourth-order valence-electron chi connectivity index (χ4n) is 2.53. The summed E-state index contributed by atoms with van der Waals surface area (Å²) in [6.07, 6.45) is 1.96. The van der Waals surface area contributed by atoms with E-state index in [4.69, 9.17) is 4.74 Å². The summed E-state index contributed by atoms with van der Waals surface area (Å²) in [6.45, 7) is 15.4. The van der Waals surface area contributed by atoms with E-state index < -0.39 is 0 Å². The van der Waals surface area contributed by atoms with Crippen LogP contribution in [0.2, 0.25) is 0 Å². The van der Waals surface area contributed by atoms with E-state index in [9.17, 15) is 0 Å². The lowest BCUT2D eigenvalue weighted by molar-refractivity contribution is -0.0381. The lowest BCUT2D eigenvalue weighted by atomic mass is 9.83. The molecule has 0 aliphatic carbocycles. The van der Waals surface area contributed by atoms with Crippen molar-refractivity contribution in [2.45, 2.75) is 60.2 Å². The third-order valence-corrected chi connectivity index (χ3v) is 3.96. The first-order valence-corrected chi connectivity index (χ1v) is 8.22. The molecule has 0 spiro atoms. The zero-order valence-electron chi connectivity index (χ0n) is 13.5. The number of hydrogen-bond donors (Lipinski definition) is 1. The number of aryl methyl sites for hydroxylation is 1. The molecule has 1 N–H and O–H groups in total. The van der Waals surface area contributed by atoms with Crippen LogP contribution in [-0.2, 0) is 11.3 Å². The number of ether oxygens (including phenoxy) is 1. The molecule has 0 radical (unpaired) electrons. The number of nitrogens with zero attached hydrogens (tertiary/aromatic N) is 2. The van der Waals surface area contributed by atoms with E-state index >= 15 is 0 Å². The Morgan fingerprint density at radius 2 is 2.00 bits per heavy atom. The van der Waals surface area contributed by atoms with Crippen LogP contribution in [0.4, 0.5) is 0 Å². The van der Waals surface area contributed by atoms with Gasteiger partial charge >= 0.3 is 0 Å². The van der Waals surface area contributed by atoms with Gasteiger partial charge in [0.15, 0.2) is 0 Å². The topological polar surface area (TPSA) is 39.1 Å². The van der Waals surface area contributed by atoms with Gasteiger partial charge in [-0.25, -0.2) is 0 Å². The van der Waals surface area contributed by atoms with E-state index in [0.29, 0.717) is 6.61 Å². The maximum Gasteiger partial charge on any atom is 0.0833 e. The Morgan fingerprint density at radius 3 is 2.45 bits per heavy atom. The molecule has 4 nitrogen and oxygen atoms in total. The van der Waals surface area contributed by atoms with Crippen LogP contribution in [0.3, 0.4) is 0 Å². The van der Waals surface area contributed by atoms with Crippen molar-refractivity contribution < 1.29 is 4.74 Å². The van der Waals surface area contributed by atoms with Crippen molar-refractivity contribution in [1.82, 2.24) is 15.1 Å².